The first-order valence-corrected chi connectivity index (χ1v) is 12.8. The number of aryl methyl sites for hydroxylation is 1. The number of nitrogens with zero attached hydrogens (tertiary/aromatic N) is 2. The van der Waals surface area contributed by atoms with Crippen LogP contribution in [0.3, 0.4) is 0 Å². The summed E-state index contributed by atoms with van der Waals surface area (Å²) in [7, 11) is 2.08. The second kappa shape index (κ2) is 10.9. The quantitative estimate of drug-likeness (QED) is 0.319. The summed E-state index contributed by atoms with van der Waals surface area (Å²) in [5.74, 6) is 1.76. The van der Waals surface area contributed by atoms with Crippen LogP contribution >= 0.6 is 0 Å². The van der Waals surface area contributed by atoms with E-state index in [0.29, 0.717) is 5.75 Å². The van der Waals surface area contributed by atoms with Crippen molar-refractivity contribution in [3.8, 4) is 28.4 Å². The first kappa shape index (κ1) is 24.6. The van der Waals surface area contributed by atoms with Crippen LogP contribution in [0.4, 0.5) is 0 Å². The maximum Gasteiger partial charge on any atom is 0.246 e. The van der Waals surface area contributed by atoms with Crippen molar-refractivity contribution in [1.82, 2.24) is 9.80 Å². The summed E-state index contributed by atoms with van der Waals surface area (Å²) in [6, 6.07) is 25.6. The average molecular weight is 493 g/mol. The zero-order chi connectivity index (χ0) is 25.8. The Morgan fingerprint density at radius 3 is 2.38 bits per heavy atom. The number of piperazine rings is 1. The number of carbonyl (C=O) groups excluding carboxylic acids is 1. The molecule has 5 rings (SSSR count). The SMILES string of the molecule is CCc1cc2cc(O)ccc2c(Oc2ccc(C=CC(=O)N3CCN(C)CC3)cc2)c1-c1ccccc1. The highest BCUT2D eigenvalue weighted by atomic mass is 16.5. The Morgan fingerprint density at radius 2 is 1.68 bits per heavy atom. The zero-order valence-electron chi connectivity index (χ0n) is 21.4. The molecule has 0 aliphatic carbocycles. The lowest BCUT2D eigenvalue weighted by molar-refractivity contribution is -0.127. The minimum Gasteiger partial charge on any atom is -0.508 e. The third-order valence-electron chi connectivity index (χ3n) is 6.93. The van der Waals surface area contributed by atoms with Crippen molar-refractivity contribution in [3.05, 3.63) is 96.1 Å². The predicted octanol–water partition coefficient (Wildman–Crippen LogP) is 6.35. The van der Waals surface area contributed by atoms with E-state index in [4.69, 9.17) is 4.74 Å². The van der Waals surface area contributed by atoms with Crippen LogP contribution < -0.4 is 4.74 Å². The van der Waals surface area contributed by atoms with Gasteiger partial charge >= 0.3 is 0 Å². The van der Waals surface area contributed by atoms with Crippen LogP contribution in [-0.4, -0.2) is 54.0 Å². The maximum atomic E-state index is 12.5. The van der Waals surface area contributed by atoms with Crippen molar-refractivity contribution >= 4 is 22.8 Å². The molecular weight excluding hydrogens is 460 g/mol. The minimum absolute atomic E-state index is 0.0482. The number of amides is 1. The number of hydrogen-bond donors (Lipinski definition) is 1. The van der Waals surface area contributed by atoms with Gasteiger partial charge in [0.15, 0.2) is 0 Å². The highest BCUT2D eigenvalue weighted by Gasteiger charge is 2.18. The molecule has 4 aromatic carbocycles. The van der Waals surface area contributed by atoms with Crippen molar-refractivity contribution in [2.24, 2.45) is 0 Å². The molecule has 1 amide bonds. The van der Waals surface area contributed by atoms with Crippen molar-refractivity contribution in [2.45, 2.75) is 13.3 Å². The Morgan fingerprint density at radius 1 is 0.946 bits per heavy atom. The van der Waals surface area contributed by atoms with Crippen LogP contribution in [0.15, 0.2) is 84.9 Å². The molecule has 0 radical (unpaired) electrons. The van der Waals surface area contributed by atoms with Crippen molar-refractivity contribution < 1.29 is 14.6 Å². The van der Waals surface area contributed by atoms with E-state index in [1.807, 2.05) is 59.5 Å². The Bertz CT molecular complexity index is 1420. The van der Waals surface area contributed by atoms with Gasteiger partial charge < -0.3 is 19.6 Å². The molecule has 1 aliphatic rings. The van der Waals surface area contributed by atoms with E-state index < -0.39 is 0 Å². The first-order valence-electron chi connectivity index (χ1n) is 12.8. The number of phenolic OH excluding ortho intramolecular Hbond substituents is 1. The van der Waals surface area contributed by atoms with Crippen molar-refractivity contribution in [3.63, 3.8) is 0 Å². The van der Waals surface area contributed by atoms with Gasteiger partial charge in [-0.15, -0.1) is 0 Å². The Balaban J connectivity index is 1.44. The number of fused-ring (bicyclic) bond motifs is 1. The highest BCUT2D eigenvalue weighted by Crippen LogP contribution is 2.43. The fourth-order valence-corrected chi connectivity index (χ4v) is 4.79. The lowest BCUT2D eigenvalue weighted by Gasteiger charge is -2.31. The number of hydrogen-bond acceptors (Lipinski definition) is 4. The molecule has 1 fully saturated rings. The molecular formula is C32H32N2O3. The number of aromatic hydroxyl groups is 1. The molecule has 0 bridgehead atoms. The van der Waals surface area contributed by atoms with Gasteiger partial charge in [0.2, 0.25) is 5.91 Å². The number of likely N-dealkylation sites (N-methyl/N-ethyl adjacent to an activating group) is 1. The van der Waals surface area contributed by atoms with Crippen molar-refractivity contribution in [1.29, 1.82) is 0 Å². The van der Waals surface area contributed by atoms with E-state index in [0.717, 1.165) is 71.4 Å². The molecule has 0 saturated carbocycles. The molecule has 1 heterocycles. The summed E-state index contributed by atoms with van der Waals surface area (Å²) in [5, 5.41) is 12.0. The fourth-order valence-electron chi connectivity index (χ4n) is 4.79. The van der Waals surface area contributed by atoms with Gasteiger partial charge in [-0.05, 0) is 72.0 Å². The largest absolute Gasteiger partial charge is 0.508 e. The molecule has 37 heavy (non-hydrogen) atoms. The lowest BCUT2D eigenvalue weighted by Crippen LogP contribution is -2.46. The summed E-state index contributed by atoms with van der Waals surface area (Å²) in [4.78, 5) is 16.7. The summed E-state index contributed by atoms with van der Waals surface area (Å²) < 4.78 is 6.56. The van der Waals surface area contributed by atoms with Crippen LogP contribution in [0.2, 0.25) is 0 Å². The topological polar surface area (TPSA) is 53.0 Å². The number of rotatable bonds is 6. The summed E-state index contributed by atoms with van der Waals surface area (Å²) >= 11 is 0. The van der Waals surface area contributed by atoms with E-state index in [9.17, 15) is 9.90 Å². The smallest absolute Gasteiger partial charge is 0.246 e. The van der Waals surface area contributed by atoms with E-state index in [1.54, 1.807) is 18.2 Å². The predicted molar refractivity (Wildman–Crippen MR) is 150 cm³/mol. The molecule has 5 heteroatoms. The Hall–Kier alpha value is -4.09. The monoisotopic (exact) mass is 492 g/mol. The number of ether oxygens (including phenoxy) is 1. The van der Waals surface area contributed by atoms with Gasteiger partial charge in [0.25, 0.3) is 0 Å². The normalized spacial score (nSPS) is 14.4. The molecule has 0 aromatic heterocycles. The van der Waals surface area contributed by atoms with E-state index in [-0.39, 0.29) is 11.7 Å². The summed E-state index contributed by atoms with van der Waals surface area (Å²) in [5.41, 5.74) is 4.24. The van der Waals surface area contributed by atoms with Crippen LogP contribution in [0.5, 0.6) is 17.2 Å². The fraction of sp³-hybridized carbons (Fsp3) is 0.219. The van der Waals surface area contributed by atoms with Crippen LogP contribution in [0, 0.1) is 0 Å². The highest BCUT2D eigenvalue weighted by molar-refractivity contribution is 5.98. The molecule has 1 saturated heterocycles. The number of benzene rings is 4. The first-order chi connectivity index (χ1) is 18.0. The molecule has 1 N–H and O–H groups in total. The second-order valence-corrected chi connectivity index (χ2v) is 9.50. The van der Waals surface area contributed by atoms with Gasteiger partial charge in [-0.1, -0.05) is 55.5 Å². The van der Waals surface area contributed by atoms with Gasteiger partial charge in [-0.2, -0.15) is 0 Å². The average Bonchev–Trinajstić information content (AvgIpc) is 2.93. The number of carbonyl (C=O) groups is 1. The standard InChI is InChI=1S/C32H32N2O3/c1-3-24-21-26-22-27(35)12-15-29(26)32(31(24)25-7-5-4-6-8-25)37-28-13-9-23(10-14-28)11-16-30(36)34-19-17-33(2)18-20-34/h4-16,21-22,35H,3,17-20H2,1-2H3. The van der Waals surface area contributed by atoms with Gasteiger partial charge in [0.1, 0.15) is 17.2 Å². The van der Waals surface area contributed by atoms with Crippen LogP contribution in [0.1, 0.15) is 18.1 Å². The molecule has 188 valence electrons. The van der Waals surface area contributed by atoms with Crippen molar-refractivity contribution in [2.75, 3.05) is 33.2 Å². The van der Waals surface area contributed by atoms with Gasteiger partial charge in [-0.3, -0.25) is 4.79 Å². The van der Waals surface area contributed by atoms with E-state index in [1.165, 1.54) is 0 Å². The molecule has 0 spiro atoms. The minimum atomic E-state index is 0.0482. The maximum absolute atomic E-state index is 12.5. The van der Waals surface area contributed by atoms with Gasteiger partial charge in [-0.25, -0.2) is 0 Å². The summed E-state index contributed by atoms with van der Waals surface area (Å²) in [6.45, 7) is 5.47. The Labute approximate surface area is 218 Å². The van der Waals surface area contributed by atoms with E-state index in [2.05, 4.69) is 37.1 Å². The van der Waals surface area contributed by atoms with E-state index >= 15 is 0 Å². The molecule has 4 aromatic rings. The third-order valence-corrected chi connectivity index (χ3v) is 6.93. The van der Waals surface area contributed by atoms with Gasteiger partial charge in [0, 0.05) is 43.2 Å². The summed E-state index contributed by atoms with van der Waals surface area (Å²) in [6.07, 6.45) is 4.34. The lowest BCUT2D eigenvalue weighted by atomic mass is 9.92. The zero-order valence-corrected chi connectivity index (χ0v) is 21.4. The molecule has 1 aliphatic heterocycles. The molecule has 0 atom stereocenters. The van der Waals surface area contributed by atoms with Crippen LogP contribution in [-0.2, 0) is 11.2 Å². The number of phenols is 1. The Kier molecular flexibility index (Phi) is 7.24. The van der Waals surface area contributed by atoms with Crippen LogP contribution in [0.25, 0.3) is 28.0 Å². The second-order valence-electron chi connectivity index (χ2n) is 9.50. The third kappa shape index (κ3) is 5.52. The molecule has 5 nitrogen and oxygen atoms in total. The molecule has 0 unspecified atom stereocenters. The van der Waals surface area contributed by atoms with Gasteiger partial charge in [0.05, 0.1) is 0 Å².